The Morgan fingerprint density at radius 2 is 1.44 bits per heavy atom. The number of hydrogen-bond donors (Lipinski definition) is 0. The maximum atomic E-state index is 12.6. The minimum Gasteiger partial charge on any atom is -0.294 e. The van der Waals surface area contributed by atoms with Crippen molar-refractivity contribution in [2.45, 2.75) is 94.4 Å². The molecule has 2 nitrogen and oxygen atoms in total. The molecule has 190 valence electrons. The van der Waals surface area contributed by atoms with Crippen LogP contribution in [-0.2, 0) is 6.42 Å². The number of carbonyl (C=O) groups is 1. The van der Waals surface area contributed by atoms with Crippen molar-refractivity contribution >= 4 is 11.5 Å². The Morgan fingerprint density at radius 1 is 0.941 bits per heavy atom. The minimum absolute atomic E-state index is 0.155. The summed E-state index contributed by atoms with van der Waals surface area (Å²) in [6.45, 7) is 22.6. The number of aryl methyl sites for hydroxylation is 1. The summed E-state index contributed by atoms with van der Waals surface area (Å²) in [5.41, 5.74) is 4.81. The van der Waals surface area contributed by atoms with Crippen molar-refractivity contribution in [1.82, 2.24) is 0 Å². The Hall–Kier alpha value is -2.55. The monoisotopic (exact) mass is 469 g/mol. The zero-order valence-corrected chi connectivity index (χ0v) is 23.2. The summed E-state index contributed by atoms with van der Waals surface area (Å²) in [6, 6.07) is 14.5. The van der Waals surface area contributed by atoms with Crippen molar-refractivity contribution in [3.63, 3.8) is 0 Å². The molecule has 2 aromatic carbocycles. The van der Waals surface area contributed by atoms with Crippen LogP contribution in [0.15, 0.2) is 65.8 Å². The van der Waals surface area contributed by atoms with Crippen LogP contribution < -0.4 is 0 Å². The molecule has 34 heavy (non-hydrogen) atoms. The van der Waals surface area contributed by atoms with E-state index in [9.17, 15) is 9.18 Å². The Balaban J connectivity index is 0. The van der Waals surface area contributed by atoms with E-state index in [-0.39, 0.29) is 11.3 Å². The highest BCUT2D eigenvalue weighted by Gasteiger charge is 2.03. The van der Waals surface area contributed by atoms with Crippen molar-refractivity contribution in [3.8, 4) is 0 Å². The Kier molecular flexibility index (Phi) is 20.8. The summed E-state index contributed by atoms with van der Waals surface area (Å²) in [6.07, 6.45) is 5.78. The lowest BCUT2D eigenvalue weighted by Gasteiger charge is -2.03. The molecule has 0 fully saturated rings. The van der Waals surface area contributed by atoms with Crippen LogP contribution >= 0.6 is 0 Å². The normalized spacial score (nSPS) is 10.1. The SMILES string of the molecule is C=C(Cc1ccc(C)cc1)N=C(C)CC.CC(=O)c1ccccc1F.CCC(C)C.CCCC. The largest absolute Gasteiger partial charge is 0.294 e. The Morgan fingerprint density at radius 3 is 1.79 bits per heavy atom. The molecule has 3 heteroatoms. The fourth-order valence-electron chi connectivity index (χ4n) is 2.08. The molecule has 0 saturated carbocycles. The van der Waals surface area contributed by atoms with E-state index in [0.29, 0.717) is 0 Å². The summed E-state index contributed by atoms with van der Waals surface area (Å²) in [5, 5.41) is 0. The predicted octanol–water partition coefficient (Wildman–Crippen LogP) is 9.81. The number of unbranched alkanes of at least 4 members (excludes halogenated alkanes) is 1. The molecule has 0 N–H and O–H groups in total. The molecule has 0 bridgehead atoms. The maximum absolute atomic E-state index is 12.6. The molecule has 2 rings (SSSR count). The number of allylic oxidation sites excluding steroid dienone is 1. The molecule has 0 spiro atoms. The Bertz CT molecular complexity index is 833. The first-order valence-electron chi connectivity index (χ1n) is 12.5. The van der Waals surface area contributed by atoms with Crippen LogP contribution in [0.3, 0.4) is 0 Å². The van der Waals surface area contributed by atoms with Crippen LogP contribution in [0.2, 0.25) is 0 Å². The molecule has 0 heterocycles. The third kappa shape index (κ3) is 19.0. The van der Waals surface area contributed by atoms with Gasteiger partial charge in [0.2, 0.25) is 0 Å². The standard InChI is InChI=1S/C14H19N.C8H7FO.C5H12.C4H10/c1-5-12(3)15-13(4)10-14-8-6-11(2)7-9-14;1-6(10)7-4-2-3-5-8(7)9;1-4-5(2)3;1-3-4-2/h6-9H,4-5,10H2,1-3H3;2-5H,1H3;5H,4H2,1-3H3;3-4H2,1-2H3. The van der Waals surface area contributed by atoms with Gasteiger partial charge in [-0.3, -0.25) is 9.79 Å². The van der Waals surface area contributed by atoms with E-state index < -0.39 is 5.82 Å². The van der Waals surface area contributed by atoms with Gasteiger partial charge in [0, 0.05) is 17.8 Å². The second-order valence-electron chi connectivity index (χ2n) is 8.77. The van der Waals surface area contributed by atoms with Gasteiger partial charge in [-0.25, -0.2) is 4.39 Å². The highest BCUT2D eigenvalue weighted by atomic mass is 19.1. The quantitative estimate of drug-likeness (QED) is 0.293. The number of hydrogen-bond acceptors (Lipinski definition) is 2. The van der Waals surface area contributed by atoms with Crippen molar-refractivity contribution in [2.24, 2.45) is 10.9 Å². The third-order valence-electron chi connectivity index (χ3n) is 4.96. The summed E-state index contributed by atoms with van der Waals surface area (Å²) < 4.78 is 12.6. The summed E-state index contributed by atoms with van der Waals surface area (Å²) >= 11 is 0. The number of aliphatic imine (C=N–C) groups is 1. The highest BCUT2D eigenvalue weighted by Crippen LogP contribution is 2.10. The van der Waals surface area contributed by atoms with Gasteiger partial charge < -0.3 is 0 Å². The fraction of sp³-hybridized carbons (Fsp3) is 0.484. The average molecular weight is 470 g/mol. The van der Waals surface area contributed by atoms with E-state index in [0.717, 1.165) is 30.2 Å². The summed E-state index contributed by atoms with van der Waals surface area (Å²) in [4.78, 5) is 15.1. The van der Waals surface area contributed by atoms with E-state index in [4.69, 9.17) is 0 Å². The molecule has 0 aliphatic rings. The summed E-state index contributed by atoms with van der Waals surface area (Å²) in [5.74, 6) is 0.197. The summed E-state index contributed by atoms with van der Waals surface area (Å²) in [7, 11) is 0. The number of ketones is 1. The van der Waals surface area contributed by atoms with Crippen molar-refractivity contribution in [1.29, 1.82) is 0 Å². The van der Waals surface area contributed by atoms with Gasteiger partial charge in [-0.1, -0.05) is 109 Å². The lowest BCUT2D eigenvalue weighted by molar-refractivity contribution is 0.101. The maximum Gasteiger partial charge on any atom is 0.162 e. The van der Waals surface area contributed by atoms with Gasteiger partial charge in [0.25, 0.3) is 0 Å². The lowest BCUT2D eigenvalue weighted by atomic mass is 10.1. The Labute approximate surface area is 209 Å². The van der Waals surface area contributed by atoms with Gasteiger partial charge in [-0.2, -0.15) is 0 Å². The zero-order valence-electron chi connectivity index (χ0n) is 23.2. The smallest absolute Gasteiger partial charge is 0.162 e. The molecule has 0 radical (unpaired) electrons. The number of rotatable bonds is 7. The second-order valence-corrected chi connectivity index (χ2v) is 8.77. The van der Waals surface area contributed by atoms with Crippen molar-refractivity contribution in [3.05, 3.63) is 83.3 Å². The van der Waals surface area contributed by atoms with Crippen LogP contribution in [0.1, 0.15) is 103 Å². The van der Waals surface area contributed by atoms with Gasteiger partial charge in [0.1, 0.15) is 5.82 Å². The molecule has 0 aromatic heterocycles. The fourth-order valence-corrected chi connectivity index (χ4v) is 2.08. The number of carbonyl (C=O) groups excluding carboxylic acids is 1. The van der Waals surface area contributed by atoms with Gasteiger partial charge in [-0.15, -0.1) is 0 Å². The van der Waals surface area contributed by atoms with Gasteiger partial charge in [0.05, 0.1) is 5.56 Å². The first-order valence-corrected chi connectivity index (χ1v) is 12.5. The van der Waals surface area contributed by atoms with E-state index >= 15 is 0 Å². The highest BCUT2D eigenvalue weighted by molar-refractivity contribution is 5.94. The van der Waals surface area contributed by atoms with E-state index in [1.165, 1.54) is 49.4 Å². The first kappa shape index (κ1) is 33.6. The molecule has 0 aliphatic heterocycles. The topological polar surface area (TPSA) is 29.4 Å². The number of Topliss-reactive ketones (excluding diaryl/α,β-unsaturated/α-hetero) is 1. The predicted molar refractivity (Wildman–Crippen MR) is 150 cm³/mol. The van der Waals surface area contributed by atoms with Crippen LogP contribution in [0.4, 0.5) is 4.39 Å². The van der Waals surface area contributed by atoms with Crippen LogP contribution in [0, 0.1) is 18.7 Å². The van der Waals surface area contributed by atoms with E-state index in [1.807, 2.05) is 6.92 Å². The zero-order chi connectivity index (χ0) is 26.5. The van der Waals surface area contributed by atoms with E-state index in [1.54, 1.807) is 12.1 Å². The molecular weight excluding hydrogens is 421 g/mol. The average Bonchev–Trinajstić information content (AvgIpc) is 2.81. The van der Waals surface area contributed by atoms with Crippen LogP contribution in [0.25, 0.3) is 0 Å². The molecule has 0 unspecified atom stereocenters. The molecule has 0 saturated heterocycles. The molecule has 0 aliphatic carbocycles. The van der Waals surface area contributed by atoms with E-state index in [2.05, 4.69) is 84.3 Å². The van der Waals surface area contributed by atoms with Crippen molar-refractivity contribution in [2.75, 3.05) is 0 Å². The minimum atomic E-state index is -0.449. The number of benzene rings is 2. The lowest BCUT2D eigenvalue weighted by Crippen LogP contribution is -1.94. The van der Waals surface area contributed by atoms with Gasteiger partial charge >= 0.3 is 0 Å². The number of halogens is 1. The first-order chi connectivity index (χ1) is 16.0. The van der Waals surface area contributed by atoms with Crippen molar-refractivity contribution < 1.29 is 9.18 Å². The molecule has 0 amide bonds. The third-order valence-corrected chi connectivity index (χ3v) is 4.96. The molecule has 0 atom stereocenters. The molecular formula is C31H48FNO. The second kappa shape index (κ2) is 21.0. The molecule has 2 aromatic rings. The number of nitrogens with zero attached hydrogens (tertiary/aromatic N) is 1. The van der Waals surface area contributed by atoms with Crippen LogP contribution in [-0.4, -0.2) is 11.5 Å². The van der Waals surface area contributed by atoms with Crippen LogP contribution in [0.5, 0.6) is 0 Å². The van der Waals surface area contributed by atoms with Gasteiger partial charge in [0.15, 0.2) is 5.78 Å². The van der Waals surface area contributed by atoms with Gasteiger partial charge in [-0.05, 0) is 50.8 Å².